The summed E-state index contributed by atoms with van der Waals surface area (Å²) in [7, 11) is 0. The number of piperidine rings is 1. The van der Waals surface area contributed by atoms with Crippen molar-refractivity contribution < 1.29 is 9.53 Å². The molecule has 2 heterocycles. The third-order valence-corrected chi connectivity index (χ3v) is 3.72. The van der Waals surface area contributed by atoms with Crippen LogP contribution in [0.5, 0.6) is 0 Å². The Bertz CT molecular complexity index is 241. The van der Waals surface area contributed by atoms with Crippen molar-refractivity contribution in [2.45, 2.75) is 24.9 Å². The van der Waals surface area contributed by atoms with Gasteiger partial charge in [0.25, 0.3) is 5.91 Å². The molecule has 1 amide bonds. The number of carbonyl (C=O) groups excluding carboxylic acids is 1. The van der Waals surface area contributed by atoms with E-state index < -0.39 is 0 Å². The van der Waals surface area contributed by atoms with Gasteiger partial charge >= 0.3 is 0 Å². The summed E-state index contributed by atoms with van der Waals surface area (Å²) in [6.07, 6.45) is 3.42. The molecule has 0 aromatic rings. The molecule has 3 rings (SSSR count). The van der Waals surface area contributed by atoms with Crippen molar-refractivity contribution in [2.24, 2.45) is 11.8 Å². The molecule has 12 heavy (non-hydrogen) atoms. The van der Waals surface area contributed by atoms with Gasteiger partial charge in [0, 0.05) is 13.2 Å². The zero-order valence-electron chi connectivity index (χ0n) is 7.01. The number of hydrogen-bond donors (Lipinski definition) is 1. The molecule has 2 saturated heterocycles. The van der Waals surface area contributed by atoms with Gasteiger partial charge < -0.3 is 10.1 Å². The van der Waals surface area contributed by atoms with Crippen LogP contribution in [-0.4, -0.2) is 24.7 Å². The van der Waals surface area contributed by atoms with Crippen molar-refractivity contribution in [1.82, 2.24) is 5.32 Å². The van der Waals surface area contributed by atoms with Crippen LogP contribution in [-0.2, 0) is 9.53 Å². The molecule has 0 radical (unpaired) electrons. The second-order valence-corrected chi connectivity index (χ2v) is 4.10. The van der Waals surface area contributed by atoms with Crippen molar-refractivity contribution in [1.29, 1.82) is 0 Å². The largest absolute Gasteiger partial charge is 0.365 e. The van der Waals surface area contributed by atoms with Gasteiger partial charge in [-0.25, -0.2) is 0 Å². The van der Waals surface area contributed by atoms with E-state index in [0.717, 1.165) is 26.0 Å². The molecule has 1 saturated carbocycles. The number of amides is 1. The van der Waals surface area contributed by atoms with Gasteiger partial charge in [0.15, 0.2) is 5.60 Å². The highest BCUT2D eigenvalue weighted by Gasteiger charge is 2.64. The van der Waals surface area contributed by atoms with Crippen LogP contribution in [0, 0.1) is 11.8 Å². The predicted octanol–water partition coefficient (Wildman–Crippen LogP) is 0.301. The standard InChI is InChI=1S/C9H13NO2/c11-8-9-6(1-3-10-8)5-7(9)2-4-12-9/h6-7H,1-5H2,(H,10,11)/t6-,7-,9+/m1/s1. The molecule has 0 aromatic carbocycles. The summed E-state index contributed by atoms with van der Waals surface area (Å²) >= 11 is 0. The van der Waals surface area contributed by atoms with Gasteiger partial charge in [-0.3, -0.25) is 4.79 Å². The number of hydrogen-bond acceptors (Lipinski definition) is 2. The van der Waals surface area contributed by atoms with Gasteiger partial charge in [0.1, 0.15) is 0 Å². The molecule has 0 bridgehead atoms. The number of nitrogens with one attached hydrogen (secondary N) is 1. The van der Waals surface area contributed by atoms with Crippen LogP contribution in [0.2, 0.25) is 0 Å². The molecule has 1 aliphatic carbocycles. The van der Waals surface area contributed by atoms with Crippen LogP contribution in [0.15, 0.2) is 0 Å². The van der Waals surface area contributed by atoms with E-state index in [2.05, 4.69) is 5.32 Å². The Morgan fingerprint density at radius 1 is 1.42 bits per heavy atom. The fourth-order valence-electron chi connectivity index (χ4n) is 3.07. The van der Waals surface area contributed by atoms with Crippen molar-refractivity contribution in [3.63, 3.8) is 0 Å². The highest BCUT2D eigenvalue weighted by molar-refractivity contribution is 5.88. The Labute approximate surface area is 71.5 Å². The van der Waals surface area contributed by atoms with Gasteiger partial charge in [-0.05, 0) is 31.1 Å². The molecule has 3 nitrogen and oxygen atoms in total. The third-order valence-electron chi connectivity index (χ3n) is 3.72. The molecule has 2 aliphatic heterocycles. The van der Waals surface area contributed by atoms with Gasteiger partial charge in [-0.1, -0.05) is 0 Å². The summed E-state index contributed by atoms with van der Waals surface area (Å²) in [5.74, 6) is 1.22. The molecule has 3 aliphatic rings. The zero-order chi connectivity index (χ0) is 8.18. The van der Waals surface area contributed by atoms with Gasteiger partial charge in [0.05, 0.1) is 0 Å². The van der Waals surface area contributed by atoms with Crippen LogP contribution in [0.1, 0.15) is 19.3 Å². The molecular weight excluding hydrogens is 154 g/mol. The van der Waals surface area contributed by atoms with Gasteiger partial charge in [-0.15, -0.1) is 0 Å². The minimum absolute atomic E-state index is 0.160. The lowest BCUT2D eigenvalue weighted by atomic mass is 9.58. The molecule has 0 aromatic heterocycles. The van der Waals surface area contributed by atoms with E-state index in [1.807, 2.05) is 0 Å². The second kappa shape index (κ2) is 2.02. The molecule has 3 heteroatoms. The van der Waals surface area contributed by atoms with E-state index in [4.69, 9.17) is 4.74 Å². The minimum atomic E-state index is -0.363. The lowest BCUT2D eigenvalue weighted by molar-refractivity contribution is -0.180. The van der Waals surface area contributed by atoms with Gasteiger partial charge in [0.2, 0.25) is 0 Å². The number of ether oxygens (including phenoxy) is 1. The first-order chi connectivity index (χ1) is 5.84. The summed E-state index contributed by atoms with van der Waals surface area (Å²) < 4.78 is 5.64. The maximum atomic E-state index is 11.6. The highest BCUT2D eigenvalue weighted by Crippen LogP contribution is 2.55. The third kappa shape index (κ3) is 0.565. The summed E-state index contributed by atoms with van der Waals surface area (Å²) in [5.41, 5.74) is -0.363. The topological polar surface area (TPSA) is 38.3 Å². The van der Waals surface area contributed by atoms with Gasteiger partial charge in [-0.2, -0.15) is 0 Å². The summed E-state index contributed by atoms with van der Waals surface area (Å²) in [5, 5.41) is 2.91. The van der Waals surface area contributed by atoms with Crippen LogP contribution >= 0.6 is 0 Å². The smallest absolute Gasteiger partial charge is 0.252 e. The van der Waals surface area contributed by atoms with E-state index >= 15 is 0 Å². The Morgan fingerprint density at radius 3 is 3.00 bits per heavy atom. The Kier molecular flexibility index (Phi) is 1.16. The lowest BCUT2D eigenvalue weighted by Crippen LogP contribution is -2.66. The maximum Gasteiger partial charge on any atom is 0.252 e. The van der Waals surface area contributed by atoms with Crippen LogP contribution in [0.25, 0.3) is 0 Å². The van der Waals surface area contributed by atoms with Crippen molar-refractivity contribution in [3.8, 4) is 0 Å². The fourth-order valence-corrected chi connectivity index (χ4v) is 3.07. The van der Waals surface area contributed by atoms with Crippen LogP contribution in [0.3, 0.4) is 0 Å². The second-order valence-electron chi connectivity index (χ2n) is 4.10. The lowest BCUT2D eigenvalue weighted by Gasteiger charge is -2.52. The molecule has 0 unspecified atom stereocenters. The fraction of sp³-hybridized carbons (Fsp3) is 0.889. The number of carbonyl (C=O) groups is 1. The highest BCUT2D eigenvalue weighted by atomic mass is 16.5. The molecular formula is C9H13NO2. The van der Waals surface area contributed by atoms with Crippen molar-refractivity contribution >= 4 is 5.91 Å². The summed E-state index contributed by atoms with van der Waals surface area (Å²) in [6.45, 7) is 1.63. The Hall–Kier alpha value is -0.570. The molecule has 3 atom stereocenters. The van der Waals surface area contributed by atoms with Crippen molar-refractivity contribution in [2.75, 3.05) is 13.2 Å². The average molecular weight is 167 g/mol. The minimum Gasteiger partial charge on any atom is -0.365 e. The molecule has 3 fully saturated rings. The molecule has 66 valence electrons. The quantitative estimate of drug-likeness (QED) is 0.563. The Balaban J connectivity index is 1.96. The average Bonchev–Trinajstić information content (AvgIpc) is 2.31. The Morgan fingerprint density at radius 2 is 2.25 bits per heavy atom. The van der Waals surface area contributed by atoms with E-state index in [1.165, 1.54) is 6.42 Å². The number of rotatable bonds is 0. The normalized spacial score (nSPS) is 50.5. The molecule has 1 spiro atoms. The summed E-state index contributed by atoms with van der Waals surface area (Å²) in [4.78, 5) is 11.6. The monoisotopic (exact) mass is 167 g/mol. The first kappa shape index (κ1) is 6.89. The maximum absolute atomic E-state index is 11.6. The van der Waals surface area contributed by atoms with E-state index in [9.17, 15) is 4.79 Å². The van der Waals surface area contributed by atoms with Crippen molar-refractivity contribution in [3.05, 3.63) is 0 Å². The SMILES string of the molecule is O=C1NCC[C@@H]2C[C@H]3CCO[C@@]123. The summed E-state index contributed by atoms with van der Waals surface area (Å²) in [6, 6.07) is 0. The van der Waals surface area contributed by atoms with Crippen LogP contribution < -0.4 is 5.32 Å². The first-order valence-corrected chi connectivity index (χ1v) is 4.76. The predicted molar refractivity (Wildman–Crippen MR) is 42.5 cm³/mol. The van der Waals surface area contributed by atoms with E-state index in [1.54, 1.807) is 0 Å². The molecule has 1 N–H and O–H groups in total. The van der Waals surface area contributed by atoms with E-state index in [0.29, 0.717) is 11.8 Å². The van der Waals surface area contributed by atoms with Crippen LogP contribution in [0.4, 0.5) is 0 Å². The van der Waals surface area contributed by atoms with E-state index in [-0.39, 0.29) is 11.5 Å². The zero-order valence-corrected chi connectivity index (χ0v) is 7.01. The first-order valence-electron chi connectivity index (χ1n) is 4.76.